The highest BCUT2D eigenvalue weighted by Gasteiger charge is 2.05. The van der Waals surface area contributed by atoms with E-state index in [-0.39, 0.29) is 12.1 Å². The molecule has 12 heavy (non-hydrogen) atoms. The van der Waals surface area contributed by atoms with Crippen molar-refractivity contribution in [1.29, 1.82) is 0 Å². The van der Waals surface area contributed by atoms with Gasteiger partial charge in [0, 0.05) is 6.92 Å². The Labute approximate surface area is 72.7 Å². The molecule has 0 aliphatic carbocycles. The molecule has 0 aliphatic heterocycles. The summed E-state index contributed by atoms with van der Waals surface area (Å²) in [4.78, 5) is 10.4. The van der Waals surface area contributed by atoms with E-state index in [2.05, 4.69) is 13.2 Å². The van der Waals surface area contributed by atoms with Crippen LogP contribution in [-0.2, 0) is 14.3 Å². The van der Waals surface area contributed by atoms with Crippen molar-refractivity contribution in [2.75, 3.05) is 6.61 Å². The molecule has 1 unspecified atom stereocenters. The molecule has 0 rings (SSSR count). The van der Waals surface area contributed by atoms with Gasteiger partial charge in [0.05, 0.1) is 0 Å². The highest BCUT2D eigenvalue weighted by Crippen LogP contribution is 1.98. The lowest BCUT2D eigenvalue weighted by Crippen LogP contribution is -2.18. The molecule has 0 spiro atoms. The van der Waals surface area contributed by atoms with E-state index in [9.17, 15) is 4.79 Å². The number of carbonyl (C=O) groups excluding carboxylic acids is 1. The summed E-state index contributed by atoms with van der Waals surface area (Å²) in [5.41, 5.74) is 0. The monoisotopic (exact) mass is 170 g/mol. The van der Waals surface area contributed by atoms with Gasteiger partial charge in [0.2, 0.25) is 0 Å². The molecule has 0 amide bonds. The molecule has 0 aliphatic rings. The summed E-state index contributed by atoms with van der Waals surface area (Å²) in [7, 11) is 0. The molecule has 68 valence electrons. The Balaban J connectivity index is 3.56. The minimum Gasteiger partial charge on any atom is -0.490 e. The maximum Gasteiger partial charge on any atom is 0.303 e. The SMILES string of the molecule is C=CC(=C)OCC(C)OC(C)=O. The molecule has 0 heterocycles. The molecule has 0 fully saturated rings. The van der Waals surface area contributed by atoms with Gasteiger partial charge in [-0.05, 0) is 13.0 Å². The van der Waals surface area contributed by atoms with Crippen LogP contribution in [0.1, 0.15) is 13.8 Å². The van der Waals surface area contributed by atoms with Gasteiger partial charge in [-0.25, -0.2) is 0 Å². The fourth-order valence-electron chi connectivity index (χ4n) is 0.601. The predicted octanol–water partition coefficient (Wildman–Crippen LogP) is 1.65. The first-order valence-electron chi connectivity index (χ1n) is 3.67. The molecule has 3 nitrogen and oxygen atoms in total. The Morgan fingerprint density at radius 2 is 2.25 bits per heavy atom. The van der Waals surface area contributed by atoms with Crippen LogP contribution in [0.4, 0.5) is 0 Å². The van der Waals surface area contributed by atoms with Crippen molar-refractivity contribution in [1.82, 2.24) is 0 Å². The van der Waals surface area contributed by atoms with Crippen LogP contribution in [-0.4, -0.2) is 18.7 Å². The van der Waals surface area contributed by atoms with Gasteiger partial charge in [0.1, 0.15) is 18.5 Å². The first-order valence-corrected chi connectivity index (χ1v) is 3.67. The molecule has 0 aromatic rings. The highest BCUT2D eigenvalue weighted by atomic mass is 16.6. The van der Waals surface area contributed by atoms with Crippen LogP contribution in [0, 0.1) is 0 Å². The Bertz CT molecular complexity index is 184. The molecule has 0 radical (unpaired) electrons. The van der Waals surface area contributed by atoms with Gasteiger partial charge in [-0.15, -0.1) is 0 Å². The predicted molar refractivity (Wildman–Crippen MR) is 46.5 cm³/mol. The Kier molecular flexibility index (Phi) is 4.84. The van der Waals surface area contributed by atoms with E-state index < -0.39 is 0 Å². The van der Waals surface area contributed by atoms with E-state index in [1.54, 1.807) is 6.92 Å². The zero-order valence-corrected chi connectivity index (χ0v) is 7.50. The van der Waals surface area contributed by atoms with Crippen molar-refractivity contribution in [2.24, 2.45) is 0 Å². The Hall–Kier alpha value is -1.25. The Morgan fingerprint density at radius 3 is 2.67 bits per heavy atom. The van der Waals surface area contributed by atoms with Crippen molar-refractivity contribution in [2.45, 2.75) is 20.0 Å². The van der Waals surface area contributed by atoms with Gasteiger partial charge >= 0.3 is 5.97 Å². The third-order valence-corrected chi connectivity index (χ3v) is 1.10. The molecule has 0 saturated carbocycles. The van der Waals surface area contributed by atoms with Gasteiger partial charge in [0.15, 0.2) is 0 Å². The number of allylic oxidation sites excluding steroid dienone is 1. The molecule has 0 bridgehead atoms. The van der Waals surface area contributed by atoms with Crippen LogP contribution in [0.2, 0.25) is 0 Å². The normalized spacial score (nSPS) is 11.5. The van der Waals surface area contributed by atoms with E-state index in [0.29, 0.717) is 12.4 Å². The highest BCUT2D eigenvalue weighted by molar-refractivity contribution is 5.66. The molecular weight excluding hydrogens is 156 g/mol. The van der Waals surface area contributed by atoms with Crippen molar-refractivity contribution in [3.8, 4) is 0 Å². The number of hydrogen-bond acceptors (Lipinski definition) is 3. The second-order valence-electron chi connectivity index (χ2n) is 2.40. The maximum absolute atomic E-state index is 10.4. The zero-order valence-electron chi connectivity index (χ0n) is 7.50. The van der Waals surface area contributed by atoms with Crippen LogP contribution >= 0.6 is 0 Å². The quantitative estimate of drug-likeness (QED) is 0.357. The van der Waals surface area contributed by atoms with Crippen molar-refractivity contribution in [3.05, 3.63) is 25.0 Å². The summed E-state index contributed by atoms with van der Waals surface area (Å²) in [6.45, 7) is 10.4. The van der Waals surface area contributed by atoms with Crippen molar-refractivity contribution < 1.29 is 14.3 Å². The van der Waals surface area contributed by atoms with Gasteiger partial charge in [-0.3, -0.25) is 4.79 Å². The van der Waals surface area contributed by atoms with Gasteiger partial charge < -0.3 is 9.47 Å². The van der Waals surface area contributed by atoms with E-state index in [1.807, 2.05) is 0 Å². The van der Waals surface area contributed by atoms with Crippen LogP contribution < -0.4 is 0 Å². The van der Waals surface area contributed by atoms with Crippen LogP contribution in [0.15, 0.2) is 25.0 Å². The van der Waals surface area contributed by atoms with Crippen LogP contribution in [0.3, 0.4) is 0 Å². The lowest BCUT2D eigenvalue weighted by molar-refractivity contribution is -0.147. The fourth-order valence-corrected chi connectivity index (χ4v) is 0.601. The second-order valence-corrected chi connectivity index (χ2v) is 2.40. The molecule has 1 atom stereocenters. The summed E-state index contributed by atoms with van der Waals surface area (Å²) in [6, 6.07) is 0. The minimum atomic E-state index is -0.310. The number of hydrogen-bond donors (Lipinski definition) is 0. The summed E-state index contributed by atoms with van der Waals surface area (Å²) < 4.78 is 9.87. The number of rotatable bonds is 5. The minimum absolute atomic E-state index is 0.251. The van der Waals surface area contributed by atoms with Crippen molar-refractivity contribution >= 4 is 5.97 Å². The molecule has 0 aromatic carbocycles. The van der Waals surface area contributed by atoms with Crippen molar-refractivity contribution in [3.63, 3.8) is 0 Å². The topological polar surface area (TPSA) is 35.5 Å². The first kappa shape index (κ1) is 10.8. The smallest absolute Gasteiger partial charge is 0.303 e. The molecule has 0 N–H and O–H groups in total. The average Bonchev–Trinajstić information content (AvgIpc) is 1.99. The molecule has 3 heteroatoms. The molecule has 0 saturated heterocycles. The third kappa shape index (κ3) is 5.53. The van der Waals surface area contributed by atoms with E-state index in [4.69, 9.17) is 9.47 Å². The summed E-state index contributed by atoms with van der Waals surface area (Å²) in [6.07, 6.45) is 1.25. The van der Waals surface area contributed by atoms with Gasteiger partial charge in [0.25, 0.3) is 0 Å². The van der Waals surface area contributed by atoms with Gasteiger partial charge in [-0.2, -0.15) is 0 Å². The first-order chi connectivity index (χ1) is 5.56. The fraction of sp³-hybridized carbons (Fsp3) is 0.444. The van der Waals surface area contributed by atoms with Crippen LogP contribution in [0.25, 0.3) is 0 Å². The van der Waals surface area contributed by atoms with Crippen LogP contribution in [0.5, 0.6) is 0 Å². The number of ether oxygens (including phenoxy) is 2. The summed E-state index contributed by atoms with van der Waals surface area (Å²) >= 11 is 0. The van der Waals surface area contributed by atoms with E-state index in [1.165, 1.54) is 13.0 Å². The Morgan fingerprint density at radius 1 is 1.67 bits per heavy atom. The third-order valence-electron chi connectivity index (χ3n) is 1.10. The number of esters is 1. The number of carbonyl (C=O) groups is 1. The summed E-state index contributed by atoms with van der Waals surface area (Å²) in [5, 5.41) is 0. The second kappa shape index (κ2) is 5.41. The standard InChI is InChI=1S/C9H14O3/c1-5-7(2)11-6-8(3)12-9(4)10/h5,8H,1-2,6H2,3-4H3. The summed E-state index contributed by atoms with van der Waals surface area (Å²) in [5.74, 6) is 0.171. The zero-order chi connectivity index (χ0) is 9.56. The van der Waals surface area contributed by atoms with E-state index >= 15 is 0 Å². The van der Waals surface area contributed by atoms with E-state index in [0.717, 1.165) is 0 Å². The average molecular weight is 170 g/mol. The largest absolute Gasteiger partial charge is 0.490 e. The lowest BCUT2D eigenvalue weighted by Gasteiger charge is -2.12. The maximum atomic E-state index is 10.4. The molecular formula is C9H14O3. The van der Waals surface area contributed by atoms with Gasteiger partial charge in [-0.1, -0.05) is 13.2 Å². The molecule has 0 aromatic heterocycles. The lowest BCUT2D eigenvalue weighted by atomic mass is 10.4.